The molecule has 3 heteroatoms. The summed E-state index contributed by atoms with van der Waals surface area (Å²) in [6.07, 6.45) is 2.81. The molecule has 0 aliphatic carbocycles. The van der Waals surface area contributed by atoms with Gasteiger partial charge in [0.15, 0.2) is 0 Å². The zero-order valence-electron chi connectivity index (χ0n) is 5.89. The number of amides is 1. The van der Waals surface area contributed by atoms with Gasteiger partial charge in [0.25, 0.3) is 0 Å². The fourth-order valence-electron chi connectivity index (χ4n) is 0.593. The van der Waals surface area contributed by atoms with Gasteiger partial charge < -0.3 is 5.32 Å². The van der Waals surface area contributed by atoms with E-state index in [0.717, 1.165) is 18.7 Å². The average molecular weight is 147 g/mol. The molecule has 0 saturated heterocycles. The molecule has 0 fully saturated rings. The Morgan fingerprint density at radius 3 is 2.89 bits per heavy atom. The van der Waals surface area contributed by atoms with E-state index in [1.165, 1.54) is 0 Å². The van der Waals surface area contributed by atoms with Gasteiger partial charge in [-0.2, -0.15) is 11.8 Å². The second-order valence-corrected chi connectivity index (χ2v) is 3.00. The summed E-state index contributed by atoms with van der Waals surface area (Å²) in [7, 11) is 0. The third-order valence-electron chi connectivity index (χ3n) is 1.00. The maximum Gasteiger partial charge on any atom is 0.207 e. The first-order valence-corrected chi connectivity index (χ1v) is 4.36. The van der Waals surface area contributed by atoms with Crippen molar-refractivity contribution in [1.29, 1.82) is 0 Å². The second kappa shape index (κ2) is 5.95. The van der Waals surface area contributed by atoms with Crippen LogP contribution in [0.1, 0.15) is 6.92 Å². The summed E-state index contributed by atoms with van der Waals surface area (Å²) in [5.74, 6) is 1.70. The number of hydrogen-bond acceptors (Lipinski definition) is 2. The summed E-state index contributed by atoms with van der Waals surface area (Å²) in [5.41, 5.74) is 0. The quantitative estimate of drug-likeness (QED) is 0.581. The highest BCUT2D eigenvalue weighted by Gasteiger charge is 1.97. The van der Waals surface area contributed by atoms with Gasteiger partial charge in [-0.25, -0.2) is 0 Å². The van der Waals surface area contributed by atoms with Gasteiger partial charge in [-0.05, 0) is 17.9 Å². The molecule has 0 aromatic heterocycles. The highest BCUT2D eigenvalue weighted by molar-refractivity contribution is 7.98. The molecule has 54 valence electrons. The molecule has 9 heavy (non-hydrogen) atoms. The van der Waals surface area contributed by atoms with Gasteiger partial charge >= 0.3 is 0 Å². The average Bonchev–Trinajstić information content (AvgIpc) is 1.85. The van der Waals surface area contributed by atoms with Crippen molar-refractivity contribution in [3.05, 3.63) is 0 Å². The Bertz CT molecular complexity index is 77.5. The van der Waals surface area contributed by atoms with E-state index in [4.69, 9.17) is 0 Å². The van der Waals surface area contributed by atoms with Crippen LogP contribution in [-0.2, 0) is 4.79 Å². The topological polar surface area (TPSA) is 29.1 Å². The standard InChI is InChI=1S/C6H13NOS/c1-6(4-9-2)3-7-5-8/h5-6H,3-4H2,1-2H3,(H,7,8). The normalized spacial score (nSPS) is 12.7. The number of thioether (sulfide) groups is 1. The first-order valence-electron chi connectivity index (χ1n) is 2.97. The highest BCUT2D eigenvalue weighted by atomic mass is 32.2. The van der Waals surface area contributed by atoms with Crippen LogP contribution in [0.5, 0.6) is 0 Å². The number of nitrogens with one attached hydrogen (secondary N) is 1. The van der Waals surface area contributed by atoms with Gasteiger partial charge in [-0.15, -0.1) is 0 Å². The van der Waals surface area contributed by atoms with E-state index in [0.29, 0.717) is 5.92 Å². The smallest absolute Gasteiger partial charge is 0.207 e. The fourth-order valence-corrected chi connectivity index (χ4v) is 1.28. The lowest BCUT2D eigenvalue weighted by Gasteiger charge is -2.06. The molecule has 0 bridgehead atoms. The maximum absolute atomic E-state index is 9.80. The summed E-state index contributed by atoms with van der Waals surface area (Å²) in [5, 5.41) is 2.64. The van der Waals surface area contributed by atoms with E-state index in [1.807, 2.05) is 0 Å². The Kier molecular flexibility index (Phi) is 5.83. The fraction of sp³-hybridized carbons (Fsp3) is 0.833. The molecule has 0 aliphatic rings. The van der Waals surface area contributed by atoms with Crippen molar-refractivity contribution in [2.24, 2.45) is 5.92 Å². The Hall–Kier alpha value is -0.180. The molecule has 0 heterocycles. The van der Waals surface area contributed by atoms with E-state index >= 15 is 0 Å². The van der Waals surface area contributed by atoms with Crippen molar-refractivity contribution in [3.63, 3.8) is 0 Å². The van der Waals surface area contributed by atoms with Crippen LogP contribution in [0.2, 0.25) is 0 Å². The van der Waals surface area contributed by atoms with E-state index in [2.05, 4.69) is 18.5 Å². The summed E-state index contributed by atoms with van der Waals surface area (Å²) < 4.78 is 0. The van der Waals surface area contributed by atoms with E-state index < -0.39 is 0 Å². The summed E-state index contributed by atoms with van der Waals surface area (Å²) in [6, 6.07) is 0. The minimum Gasteiger partial charge on any atom is -0.358 e. The third kappa shape index (κ3) is 5.69. The zero-order chi connectivity index (χ0) is 7.11. The molecule has 1 atom stereocenters. The van der Waals surface area contributed by atoms with Gasteiger partial charge in [0.2, 0.25) is 6.41 Å². The van der Waals surface area contributed by atoms with Crippen LogP contribution in [0.3, 0.4) is 0 Å². The Balaban J connectivity index is 3.04. The molecule has 0 radical (unpaired) electrons. The van der Waals surface area contributed by atoms with E-state index in [9.17, 15) is 4.79 Å². The molecule has 0 aromatic carbocycles. The Morgan fingerprint density at radius 1 is 1.78 bits per heavy atom. The number of carbonyl (C=O) groups excluding carboxylic acids is 1. The Labute approximate surface area is 60.4 Å². The lowest BCUT2D eigenvalue weighted by atomic mass is 10.2. The lowest BCUT2D eigenvalue weighted by Crippen LogP contribution is -2.20. The van der Waals surface area contributed by atoms with Crippen molar-refractivity contribution in [2.45, 2.75) is 6.92 Å². The number of carbonyl (C=O) groups is 1. The van der Waals surface area contributed by atoms with E-state index in [-0.39, 0.29) is 0 Å². The van der Waals surface area contributed by atoms with Gasteiger partial charge in [0.05, 0.1) is 0 Å². The lowest BCUT2D eigenvalue weighted by molar-refractivity contribution is -0.109. The summed E-state index contributed by atoms with van der Waals surface area (Å²) in [4.78, 5) is 9.80. The minimum atomic E-state index is 0.588. The number of hydrogen-bond donors (Lipinski definition) is 1. The van der Waals surface area contributed by atoms with Gasteiger partial charge in [0, 0.05) is 6.54 Å². The molecule has 1 N–H and O–H groups in total. The highest BCUT2D eigenvalue weighted by Crippen LogP contribution is 2.01. The predicted octanol–water partition coefficient (Wildman–Crippen LogP) is 0.731. The monoisotopic (exact) mass is 147 g/mol. The molecule has 0 rings (SSSR count). The van der Waals surface area contributed by atoms with Crippen LogP contribution in [-0.4, -0.2) is 25.0 Å². The van der Waals surface area contributed by atoms with Crippen molar-refractivity contribution in [2.75, 3.05) is 18.6 Å². The van der Waals surface area contributed by atoms with Crippen molar-refractivity contribution in [1.82, 2.24) is 5.32 Å². The van der Waals surface area contributed by atoms with Crippen LogP contribution in [0.4, 0.5) is 0 Å². The van der Waals surface area contributed by atoms with Crippen molar-refractivity contribution >= 4 is 18.2 Å². The molecule has 2 nitrogen and oxygen atoms in total. The van der Waals surface area contributed by atoms with Gasteiger partial charge in [-0.1, -0.05) is 6.92 Å². The predicted molar refractivity (Wildman–Crippen MR) is 41.6 cm³/mol. The van der Waals surface area contributed by atoms with Crippen LogP contribution in [0.15, 0.2) is 0 Å². The molecular formula is C6H13NOS. The van der Waals surface area contributed by atoms with E-state index in [1.54, 1.807) is 11.8 Å². The van der Waals surface area contributed by atoms with Crippen LogP contribution < -0.4 is 5.32 Å². The van der Waals surface area contributed by atoms with Crippen LogP contribution >= 0.6 is 11.8 Å². The number of rotatable bonds is 5. The first kappa shape index (κ1) is 8.82. The molecular weight excluding hydrogens is 134 g/mol. The molecule has 0 aromatic rings. The first-order chi connectivity index (χ1) is 4.31. The van der Waals surface area contributed by atoms with Gasteiger partial charge in [0.1, 0.15) is 0 Å². The minimum absolute atomic E-state index is 0.588. The third-order valence-corrected chi connectivity index (χ3v) is 1.90. The molecule has 0 aliphatic heterocycles. The SMILES string of the molecule is CSCC(C)CNC=O. The molecule has 1 amide bonds. The maximum atomic E-state index is 9.80. The largest absolute Gasteiger partial charge is 0.358 e. The van der Waals surface area contributed by atoms with Crippen LogP contribution in [0, 0.1) is 5.92 Å². The molecule has 0 saturated carbocycles. The molecule has 1 unspecified atom stereocenters. The van der Waals surface area contributed by atoms with Crippen molar-refractivity contribution < 1.29 is 4.79 Å². The van der Waals surface area contributed by atoms with Crippen LogP contribution in [0.25, 0.3) is 0 Å². The molecule has 0 spiro atoms. The zero-order valence-corrected chi connectivity index (χ0v) is 6.70. The van der Waals surface area contributed by atoms with Crippen molar-refractivity contribution in [3.8, 4) is 0 Å². The second-order valence-electron chi connectivity index (χ2n) is 2.09. The summed E-state index contributed by atoms with van der Waals surface area (Å²) in [6.45, 7) is 2.91. The summed E-state index contributed by atoms with van der Waals surface area (Å²) >= 11 is 1.80. The Morgan fingerprint density at radius 2 is 2.44 bits per heavy atom. The van der Waals surface area contributed by atoms with Gasteiger partial charge in [-0.3, -0.25) is 4.79 Å².